The van der Waals surface area contributed by atoms with Gasteiger partial charge in [0.05, 0.1) is 17.6 Å². The Balaban J connectivity index is 1.82. The van der Waals surface area contributed by atoms with E-state index >= 15 is 0 Å². The number of fused-ring (bicyclic) bond motifs is 1. The summed E-state index contributed by atoms with van der Waals surface area (Å²) in [6.07, 6.45) is 3.79. The molecular formula is C19H17N2O3S-. The minimum atomic E-state index is -1.31. The Morgan fingerprint density at radius 1 is 1.16 bits per heavy atom. The molecule has 25 heavy (non-hydrogen) atoms. The fourth-order valence-electron chi connectivity index (χ4n) is 2.78. The summed E-state index contributed by atoms with van der Waals surface area (Å²) in [4.78, 5) is 28.0. The number of aromatic nitrogens is 1. The third kappa shape index (κ3) is 3.69. The first-order chi connectivity index (χ1) is 12.1. The lowest BCUT2D eigenvalue weighted by molar-refractivity contribution is -0.308. The van der Waals surface area contributed by atoms with Crippen molar-refractivity contribution < 1.29 is 14.7 Å². The maximum atomic E-state index is 12.5. The number of para-hydroxylation sites is 1. The van der Waals surface area contributed by atoms with Gasteiger partial charge in [-0.2, -0.15) is 0 Å². The average Bonchev–Trinajstić information content (AvgIpc) is 3.04. The van der Waals surface area contributed by atoms with Crippen molar-refractivity contribution in [3.63, 3.8) is 0 Å². The molecule has 0 saturated carbocycles. The number of carbonyl (C=O) groups excluding carboxylic acids is 2. The van der Waals surface area contributed by atoms with E-state index in [1.165, 1.54) is 11.8 Å². The van der Waals surface area contributed by atoms with Crippen LogP contribution in [0.5, 0.6) is 0 Å². The average molecular weight is 353 g/mol. The van der Waals surface area contributed by atoms with E-state index in [0.717, 1.165) is 21.4 Å². The molecular weight excluding hydrogens is 336 g/mol. The zero-order valence-corrected chi connectivity index (χ0v) is 14.4. The Bertz CT molecular complexity index is 920. The molecule has 5 nitrogen and oxygen atoms in total. The minimum Gasteiger partial charge on any atom is -0.548 e. The monoisotopic (exact) mass is 353 g/mol. The molecule has 128 valence electrons. The van der Waals surface area contributed by atoms with Gasteiger partial charge in [0, 0.05) is 28.4 Å². The molecule has 0 bridgehead atoms. The van der Waals surface area contributed by atoms with Crippen LogP contribution in [0.2, 0.25) is 0 Å². The molecule has 2 aromatic carbocycles. The quantitative estimate of drug-likeness (QED) is 0.664. The van der Waals surface area contributed by atoms with E-state index in [4.69, 9.17) is 0 Å². The molecule has 1 heterocycles. The van der Waals surface area contributed by atoms with Gasteiger partial charge < -0.3 is 20.2 Å². The van der Waals surface area contributed by atoms with E-state index in [-0.39, 0.29) is 6.42 Å². The van der Waals surface area contributed by atoms with Crippen LogP contribution < -0.4 is 10.4 Å². The fourth-order valence-corrected chi connectivity index (χ4v) is 3.38. The molecule has 2 N–H and O–H groups in total. The minimum absolute atomic E-state index is 0.152. The van der Waals surface area contributed by atoms with Crippen molar-refractivity contribution >= 4 is 34.5 Å². The highest BCUT2D eigenvalue weighted by Crippen LogP contribution is 2.21. The standard InChI is InChI=1S/C19H18N2O3S/c1-25-17-9-5-3-7-14(17)18(22)21-16(19(23)24)10-12-11-20-15-8-4-2-6-13(12)15/h2-9,11,16,20H,10H2,1H3,(H,21,22)(H,23,24)/p-1/t16-/m1/s1. The molecule has 0 aliphatic rings. The first-order valence-electron chi connectivity index (χ1n) is 7.80. The Morgan fingerprint density at radius 2 is 1.88 bits per heavy atom. The van der Waals surface area contributed by atoms with Crippen molar-refractivity contribution in [2.45, 2.75) is 17.4 Å². The number of amides is 1. The molecule has 1 aromatic heterocycles. The second kappa shape index (κ2) is 7.44. The molecule has 6 heteroatoms. The van der Waals surface area contributed by atoms with Crippen LogP contribution >= 0.6 is 11.8 Å². The summed E-state index contributed by atoms with van der Waals surface area (Å²) < 4.78 is 0. The van der Waals surface area contributed by atoms with Gasteiger partial charge >= 0.3 is 0 Å². The first-order valence-corrected chi connectivity index (χ1v) is 9.02. The predicted octanol–water partition coefficient (Wildman–Crippen LogP) is 1.98. The summed E-state index contributed by atoms with van der Waals surface area (Å²) in [5.74, 6) is -1.72. The summed E-state index contributed by atoms with van der Waals surface area (Å²) in [7, 11) is 0. The topological polar surface area (TPSA) is 85.0 Å². The van der Waals surface area contributed by atoms with E-state index < -0.39 is 17.9 Å². The van der Waals surface area contributed by atoms with Crippen molar-refractivity contribution in [2.24, 2.45) is 0 Å². The summed E-state index contributed by atoms with van der Waals surface area (Å²) >= 11 is 1.44. The van der Waals surface area contributed by atoms with Gasteiger partial charge in [0.15, 0.2) is 0 Å². The van der Waals surface area contributed by atoms with Gasteiger partial charge in [-0.25, -0.2) is 0 Å². The van der Waals surface area contributed by atoms with Gasteiger partial charge in [-0.15, -0.1) is 11.8 Å². The van der Waals surface area contributed by atoms with Crippen molar-refractivity contribution in [1.29, 1.82) is 0 Å². The highest BCUT2D eigenvalue weighted by molar-refractivity contribution is 7.98. The number of aromatic amines is 1. The van der Waals surface area contributed by atoms with E-state index in [1.807, 2.05) is 42.7 Å². The molecule has 0 aliphatic carbocycles. The highest BCUT2D eigenvalue weighted by atomic mass is 32.2. The second-order valence-corrected chi connectivity index (χ2v) is 6.46. The Hall–Kier alpha value is -2.73. The van der Waals surface area contributed by atoms with E-state index in [2.05, 4.69) is 10.3 Å². The number of nitrogens with one attached hydrogen (secondary N) is 2. The van der Waals surface area contributed by atoms with Crippen molar-refractivity contribution in [3.05, 3.63) is 65.9 Å². The van der Waals surface area contributed by atoms with Crippen LogP contribution in [0, 0.1) is 0 Å². The first kappa shape index (κ1) is 17.1. The van der Waals surface area contributed by atoms with Crippen LogP contribution in [0.3, 0.4) is 0 Å². The fraction of sp³-hybridized carbons (Fsp3) is 0.158. The van der Waals surface area contributed by atoms with Gasteiger partial charge in [0.25, 0.3) is 5.91 Å². The van der Waals surface area contributed by atoms with Crippen LogP contribution in [0.4, 0.5) is 0 Å². The molecule has 0 unspecified atom stereocenters. The molecule has 3 rings (SSSR count). The van der Waals surface area contributed by atoms with Crippen LogP contribution in [0.25, 0.3) is 10.9 Å². The third-order valence-corrected chi connectivity index (χ3v) is 4.84. The summed E-state index contributed by atoms with van der Waals surface area (Å²) in [5, 5.41) is 15.1. The SMILES string of the molecule is CSc1ccccc1C(=O)N[C@H](Cc1c[nH]c2ccccc12)C(=O)[O-]. The van der Waals surface area contributed by atoms with Gasteiger partial charge in [-0.05, 0) is 30.0 Å². The number of H-pyrrole nitrogens is 1. The number of hydrogen-bond donors (Lipinski definition) is 2. The normalized spacial score (nSPS) is 12.0. The number of carboxylic acids is 1. The lowest BCUT2D eigenvalue weighted by Gasteiger charge is -2.20. The van der Waals surface area contributed by atoms with Crippen LogP contribution in [-0.2, 0) is 11.2 Å². The molecule has 3 aromatic rings. The molecule has 0 aliphatic heterocycles. The summed E-state index contributed by atoms with van der Waals surface area (Å²) in [6, 6.07) is 13.6. The molecule has 1 amide bonds. The number of carboxylic acid groups (broad SMARTS) is 1. The van der Waals surface area contributed by atoms with Crippen molar-refractivity contribution in [2.75, 3.05) is 6.26 Å². The number of aliphatic carboxylic acids is 1. The van der Waals surface area contributed by atoms with E-state index in [1.54, 1.807) is 18.3 Å². The zero-order chi connectivity index (χ0) is 17.8. The molecule has 1 atom stereocenters. The van der Waals surface area contributed by atoms with E-state index in [9.17, 15) is 14.7 Å². The Labute approximate surface area is 149 Å². The summed E-state index contributed by atoms with van der Waals surface area (Å²) in [6.45, 7) is 0. The van der Waals surface area contributed by atoms with Crippen molar-refractivity contribution in [1.82, 2.24) is 10.3 Å². The van der Waals surface area contributed by atoms with Crippen LogP contribution in [-0.4, -0.2) is 29.2 Å². The molecule has 0 radical (unpaired) electrons. The predicted molar refractivity (Wildman–Crippen MR) is 96.5 cm³/mol. The smallest absolute Gasteiger partial charge is 0.252 e. The second-order valence-electron chi connectivity index (χ2n) is 5.61. The maximum absolute atomic E-state index is 12.5. The Kier molecular flexibility index (Phi) is 5.09. The van der Waals surface area contributed by atoms with Gasteiger partial charge in [-0.3, -0.25) is 4.79 Å². The maximum Gasteiger partial charge on any atom is 0.252 e. The van der Waals surface area contributed by atoms with Crippen LogP contribution in [0.1, 0.15) is 15.9 Å². The van der Waals surface area contributed by atoms with Crippen molar-refractivity contribution in [3.8, 4) is 0 Å². The summed E-state index contributed by atoms with van der Waals surface area (Å²) in [5.41, 5.74) is 2.21. The molecule has 0 fully saturated rings. The molecule has 0 saturated heterocycles. The van der Waals surface area contributed by atoms with Crippen LogP contribution in [0.15, 0.2) is 59.6 Å². The van der Waals surface area contributed by atoms with Gasteiger partial charge in [0.1, 0.15) is 0 Å². The third-order valence-electron chi connectivity index (χ3n) is 4.04. The number of benzene rings is 2. The lowest BCUT2D eigenvalue weighted by atomic mass is 10.0. The zero-order valence-electron chi connectivity index (χ0n) is 13.6. The molecule has 0 spiro atoms. The van der Waals surface area contributed by atoms with E-state index in [0.29, 0.717) is 5.56 Å². The highest BCUT2D eigenvalue weighted by Gasteiger charge is 2.18. The number of hydrogen-bond acceptors (Lipinski definition) is 4. The largest absolute Gasteiger partial charge is 0.548 e. The number of thioether (sulfide) groups is 1. The van der Waals surface area contributed by atoms with Gasteiger partial charge in [0.2, 0.25) is 0 Å². The lowest BCUT2D eigenvalue weighted by Crippen LogP contribution is -2.49. The number of rotatable bonds is 6. The number of carbonyl (C=O) groups is 2. The Morgan fingerprint density at radius 3 is 2.64 bits per heavy atom. The van der Waals surface area contributed by atoms with Gasteiger partial charge in [-0.1, -0.05) is 30.3 Å².